The minimum absolute atomic E-state index is 0.0161. The predicted octanol–water partition coefficient (Wildman–Crippen LogP) is 4.03. The van der Waals surface area contributed by atoms with Crippen LogP contribution in [0, 0.1) is 0 Å². The molecule has 0 aromatic heterocycles. The van der Waals surface area contributed by atoms with Gasteiger partial charge < -0.3 is 24.8 Å². The highest BCUT2D eigenvalue weighted by molar-refractivity contribution is 5.84. The summed E-state index contributed by atoms with van der Waals surface area (Å²) in [6, 6.07) is 7.24. The van der Waals surface area contributed by atoms with Crippen LogP contribution in [0.1, 0.15) is 79.7 Å². The molecule has 0 saturated carbocycles. The van der Waals surface area contributed by atoms with Crippen molar-refractivity contribution in [1.29, 1.82) is 0 Å². The molecule has 1 aromatic carbocycles. The Hall–Kier alpha value is -3.10. The number of rotatable bonds is 11. The van der Waals surface area contributed by atoms with Crippen LogP contribution in [0.3, 0.4) is 0 Å². The number of nitrogens with one attached hydrogen (secondary N) is 2. The highest BCUT2D eigenvalue weighted by atomic mass is 16.6. The quantitative estimate of drug-likeness (QED) is 0.353. The molecule has 0 bridgehead atoms. The van der Waals surface area contributed by atoms with Gasteiger partial charge in [-0.2, -0.15) is 0 Å². The third kappa shape index (κ3) is 14.7. The van der Waals surface area contributed by atoms with Crippen molar-refractivity contribution in [2.45, 2.75) is 104 Å². The number of esters is 3. The summed E-state index contributed by atoms with van der Waals surface area (Å²) < 4.78 is 15.9. The molecule has 0 spiro atoms. The summed E-state index contributed by atoms with van der Waals surface area (Å²) in [6.07, 6.45) is 0.445. The van der Waals surface area contributed by atoms with Gasteiger partial charge in [0.1, 0.15) is 23.9 Å². The summed E-state index contributed by atoms with van der Waals surface area (Å²) in [6.45, 7) is 12.4. The first-order valence-corrected chi connectivity index (χ1v) is 11.9. The smallest absolute Gasteiger partial charge is 0.329 e. The van der Waals surface area contributed by atoms with Crippen LogP contribution in [0.15, 0.2) is 30.3 Å². The molecule has 0 radical (unpaired) electrons. The average molecular weight is 493 g/mol. The van der Waals surface area contributed by atoms with E-state index < -0.39 is 35.2 Å². The highest BCUT2D eigenvalue weighted by Gasteiger charge is 2.28. The van der Waals surface area contributed by atoms with E-state index in [4.69, 9.17) is 14.2 Å². The first-order chi connectivity index (χ1) is 16.1. The average Bonchev–Trinajstić information content (AvgIpc) is 2.72. The third-order valence-electron chi connectivity index (χ3n) is 4.46. The maximum absolute atomic E-state index is 12.6. The highest BCUT2D eigenvalue weighted by Crippen LogP contribution is 2.13. The van der Waals surface area contributed by atoms with Crippen molar-refractivity contribution in [2.24, 2.45) is 0 Å². The molecule has 0 unspecified atom stereocenters. The molecular weight excluding hydrogens is 452 g/mol. The Bertz CT molecular complexity index is 841. The Balaban J connectivity index is 2.60. The van der Waals surface area contributed by atoms with Crippen LogP contribution in [0.4, 0.5) is 4.79 Å². The van der Waals surface area contributed by atoms with Gasteiger partial charge in [-0.15, -0.1) is 0 Å². The van der Waals surface area contributed by atoms with Crippen LogP contribution in [0.25, 0.3) is 0 Å². The number of amides is 2. The summed E-state index contributed by atoms with van der Waals surface area (Å²) in [5.74, 6) is -1.49. The minimum Gasteiger partial charge on any atom is -0.461 e. The minimum atomic E-state index is -1.04. The molecule has 196 valence electrons. The molecule has 0 aliphatic heterocycles. The first kappa shape index (κ1) is 29.9. The van der Waals surface area contributed by atoms with Crippen molar-refractivity contribution in [2.75, 3.05) is 0 Å². The number of ether oxygens (including phenoxy) is 3. The number of carbonyl (C=O) groups is 4. The van der Waals surface area contributed by atoms with Gasteiger partial charge in [0.2, 0.25) is 0 Å². The van der Waals surface area contributed by atoms with Crippen molar-refractivity contribution < 1.29 is 33.4 Å². The predicted molar refractivity (Wildman–Crippen MR) is 131 cm³/mol. The van der Waals surface area contributed by atoms with E-state index in [0.29, 0.717) is 6.42 Å². The Morgan fingerprint density at radius 3 is 1.94 bits per heavy atom. The molecule has 35 heavy (non-hydrogen) atoms. The summed E-state index contributed by atoms with van der Waals surface area (Å²) in [4.78, 5) is 49.2. The molecule has 0 aliphatic carbocycles. The van der Waals surface area contributed by atoms with E-state index in [2.05, 4.69) is 10.6 Å². The number of benzene rings is 1. The fourth-order valence-electron chi connectivity index (χ4n) is 2.92. The van der Waals surface area contributed by atoms with Crippen LogP contribution in [0.2, 0.25) is 0 Å². The summed E-state index contributed by atoms with van der Waals surface area (Å²) in [7, 11) is 0. The van der Waals surface area contributed by atoms with Crippen molar-refractivity contribution in [3.8, 4) is 0 Å². The van der Waals surface area contributed by atoms with Crippen LogP contribution in [0.5, 0.6) is 0 Å². The molecule has 1 rings (SSSR count). The van der Waals surface area contributed by atoms with Gasteiger partial charge in [-0.1, -0.05) is 30.3 Å². The molecule has 9 heteroatoms. The largest absolute Gasteiger partial charge is 0.461 e. The van der Waals surface area contributed by atoms with Crippen LogP contribution >= 0.6 is 0 Å². The summed E-state index contributed by atoms with van der Waals surface area (Å²) >= 11 is 0. The lowest BCUT2D eigenvalue weighted by atomic mass is 10.1. The topological polar surface area (TPSA) is 120 Å². The summed E-state index contributed by atoms with van der Waals surface area (Å²) in [5, 5.41) is 5.28. The molecule has 0 heterocycles. The van der Waals surface area contributed by atoms with Gasteiger partial charge in [-0.05, 0) is 66.9 Å². The standard InChI is InChI=1S/C26H40N2O7/c1-18(13-15-22(30)34-25(2,3)4)27-24(32)28-20(23(31)35-26(5,6)7)14-16-21(29)33-17-19-11-9-8-10-12-19/h8-12,18,20H,13-17H2,1-7H3,(H2,27,28,32)/t18-,20+/m1/s1. The lowest BCUT2D eigenvalue weighted by Crippen LogP contribution is -2.50. The van der Waals surface area contributed by atoms with Gasteiger partial charge in [0.15, 0.2) is 0 Å². The van der Waals surface area contributed by atoms with E-state index in [1.165, 1.54) is 0 Å². The van der Waals surface area contributed by atoms with Crippen molar-refractivity contribution in [3.05, 3.63) is 35.9 Å². The molecular formula is C26H40N2O7. The van der Waals surface area contributed by atoms with Gasteiger partial charge in [-0.3, -0.25) is 9.59 Å². The van der Waals surface area contributed by atoms with E-state index in [1.54, 1.807) is 48.5 Å². The van der Waals surface area contributed by atoms with E-state index in [-0.39, 0.29) is 37.9 Å². The van der Waals surface area contributed by atoms with Crippen LogP contribution in [-0.4, -0.2) is 47.2 Å². The van der Waals surface area contributed by atoms with Crippen molar-refractivity contribution >= 4 is 23.9 Å². The normalized spacial score (nSPS) is 13.2. The third-order valence-corrected chi connectivity index (χ3v) is 4.46. The lowest BCUT2D eigenvalue weighted by molar-refractivity contribution is -0.158. The second-order valence-corrected chi connectivity index (χ2v) is 10.4. The summed E-state index contributed by atoms with van der Waals surface area (Å²) in [5.41, 5.74) is -0.488. The fraction of sp³-hybridized carbons (Fsp3) is 0.615. The Morgan fingerprint density at radius 1 is 0.800 bits per heavy atom. The Kier molecular flexibility index (Phi) is 11.7. The van der Waals surface area contributed by atoms with Gasteiger partial charge in [0, 0.05) is 18.9 Å². The van der Waals surface area contributed by atoms with E-state index >= 15 is 0 Å². The van der Waals surface area contributed by atoms with E-state index in [1.807, 2.05) is 30.3 Å². The number of hydrogen-bond donors (Lipinski definition) is 2. The number of urea groups is 1. The monoisotopic (exact) mass is 492 g/mol. The van der Waals surface area contributed by atoms with Crippen molar-refractivity contribution in [3.63, 3.8) is 0 Å². The molecule has 2 amide bonds. The lowest BCUT2D eigenvalue weighted by Gasteiger charge is -2.25. The van der Waals surface area contributed by atoms with E-state index in [9.17, 15) is 19.2 Å². The fourth-order valence-corrected chi connectivity index (χ4v) is 2.92. The maximum atomic E-state index is 12.6. The zero-order valence-corrected chi connectivity index (χ0v) is 21.9. The second-order valence-electron chi connectivity index (χ2n) is 10.4. The number of hydrogen-bond acceptors (Lipinski definition) is 7. The maximum Gasteiger partial charge on any atom is 0.329 e. The zero-order chi connectivity index (χ0) is 26.6. The van der Waals surface area contributed by atoms with Crippen LogP contribution in [-0.2, 0) is 35.2 Å². The first-order valence-electron chi connectivity index (χ1n) is 11.9. The molecule has 2 N–H and O–H groups in total. The Morgan fingerprint density at radius 2 is 1.37 bits per heavy atom. The molecule has 9 nitrogen and oxygen atoms in total. The molecule has 1 aromatic rings. The molecule has 0 aliphatic rings. The van der Waals surface area contributed by atoms with E-state index in [0.717, 1.165) is 5.56 Å². The number of carbonyl (C=O) groups excluding carboxylic acids is 4. The van der Waals surface area contributed by atoms with Gasteiger partial charge in [0.05, 0.1) is 0 Å². The second kappa shape index (κ2) is 13.7. The SMILES string of the molecule is C[C@H](CCC(=O)OC(C)(C)C)NC(=O)N[C@@H](CCC(=O)OCc1ccccc1)C(=O)OC(C)(C)C. The zero-order valence-electron chi connectivity index (χ0n) is 21.9. The molecule has 0 fully saturated rings. The molecule has 2 atom stereocenters. The van der Waals surface area contributed by atoms with Gasteiger partial charge in [0.25, 0.3) is 0 Å². The Labute approximate surface area is 208 Å². The van der Waals surface area contributed by atoms with Crippen LogP contribution < -0.4 is 10.6 Å². The van der Waals surface area contributed by atoms with Gasteiger partial charge in [-0.25, -0.2) is 9.59 Å². The van der Waals surface area contributed by atoms with Crippen molar-refractivity contribution in [1.82, 2.24) is 10.6 Å². The van der Waals surface area contributed by atoms with Gasteiger partial charge >= 0.3 is 23.9 Å². The molecule has 0 saturated heterocycles.